The molecular weight excluding hydrogens is 222 g/mol. The summed E-state index contributed by atoms with van der Waals surface area (Å²) in [4.78, 5) is 21.8. The van der Waals surface area contributed by atoms with Crippen LogP contribution in [0, 0.1) is 0 Å². The average Bonchev–Trinajstić information content (AvgIpc) is 2.37. The monoisotopic (exact) mass is 235 g/mol. The molecule has 1 aromatic carbocycles. The molecule has 0 radical (unpaired) electrons. The van der Waals surface area contributed by atoms with Gasteiger partial charge in [-0.05, 0) is 5.56 Å². The van der Waals surface area contributed by atoms with Crippen molar-refractivity contribution in [2.24, 2.45) is 0 Å². The van der Waals surface area contributed by atoms with Crippen molar-refractivity contribution in [3.05, 3.63) is 47.9 Å². The quantitative estimate of drug-likeness (QED) is 0.478. The van der Waals surface area contributed by atoms with Gasteiger partial charge in [0, 0.05) is 0 Å². The zero-order chi connectivity index (χ0) is 12.5. The van der Waals surface area contributed by atoms with Gasteiger partial charge < -0.3 is 9.47 Å². The number of alkyl carbamates (subject to hydrolysis) is 1. The second kappa shape index (κ2) is 7.05. The zero-order valence-electron chi connectivity index (χ0n) is 9.38. The maximum atomic E-state index is 11.3. The van der Waals surface area contributed by atoms with E-state index in [0.717, 1.165) is 11.8 Å². The number of rotatable bonds is 5. The minimum atomic E-state index is -0.704. The minimum Gasteiger partial charge on any atom is -0.502 e. The lowest BCUT2D eigenvalue weighted by Gasteiger charge is -2.06. The van der Waals surface area contributed by atoms with E-state index in [-0.39, 0.29) is 12.3 Å². The van der Waals surface area contributed by atoms with Crippen LogP contribution in [0.1, 0.15) is 5.56 Å². The Morgan fingerprint density at radius 2 is 2.06 bits per heavy atom. The number of aldehydes is 1. The van der Waals surface area contributed by atoms with Gasteiger partial charge in [0.2, 0.25) is 0 Å². The number of allylic oxidation sites excluding steroid dienone is 1. The maximum absolute atomic E-state index is 11.3. The molecule has 0 aliphatic rings. The summed E-state index contributed by atoms with van der Waals surface area (Å²) in [5, 5.41) is 2.24. The Balaban J connectivity index is 2.40. The molecule has 1 rings (SSSR count). The Morgan fingerprint density at radius 1 is 1.35 bits per heavy atom. The molecule has 1 amide bonds. The van der Waals surface area contributed by atoms with Crippen molar-refractivity contribution in [2.45, 2.75) is 6.61 Å². The molecular formula is C12H13NO4. The van der Waals surface area contributed by atoms with Crippen molar-refractivity contribution in [1.29, 1.82) is 0 Å². The molecule has 90 valence electrons. The van der Waals surface area contributed by atoms with Crippen LogP contribution in [0.2, 0.25) is 0 Å². The average molecular weight is 235 g/mol. The van der Waals surface area contributed by atoms with Crippen molar-refractivity contribution in [2.75, 3.05) is 7.11 Å². The van der Waals surface area contributed by atoms with Crippen LogP contribution in [-0.2, 0) is 20.9 Å². The van der Waals surface area contributed by atoms with E-state index in [0.29, 0.717) is 6.29 Å². The van der Waals surface area contributed by atoms with Gasteiger partial charge >= 0.3 is 6.09 Å². The SMILES string of the molecule is COC=C(C=O)NC(=O)OCc1ccccc1. The summed E-state index contributed by atoms with van der Waals surface area (Å²) in [5.74, 6) is 0. The number of amides is 1. The second-order valence-electron chi connectivity index (χ2n) is 3.11. The molecule has 5 heteroatoms. The second-order valence-corrected chi connectivity index (χ2v) is 3.11. The third-order valence-corrected chi connectivity index (χ3v) is 1.83. The first-order valence-electron chi connectivity index (χ1n) is 4.92. The fourth-order valence-electron chi connectivity index (χ4n) is 1.09. The van der Waals surface area contributed by atoms with Gasteiger partial charge in [0.25, 0.3) is 0 Å². The Bertz CT molecular complexity index is 400. The molecule has 0 aromatic heterocycles. The number of nitrogens with one attached hydrogen (secondary N) is 1. The summed E-state index contributed by atoms with van der Waals surface area (Å²) in [5.41, 5.74) is 0.872. The van der Waals surface area contributed by atoms with E-state index in [1.54, 1.807) is 0 Å². The van der Waals surface area contributed by atoms with Gasteiger partial charge in [-0.3, -0.25) is 10.1 Å². The molecule has 0 atom stereocenters. The Hall–Kier alpha value is -2.30. The van der Waals surface area contributed by atoms with Crippen LogP contribution >= 0.6 is 0 Å². The van der Waals surface area contributed by atoms with E-state index >= 15 is 0 Å². The topological polar surface area (TPSA) is 64.6 Å². The predicted molar refractivity (Wildman–Crippen MR) is 60.9 cm³/mol. The van der Waals surface area contributed by atoms with Crippen molar-refractivity contribution in [3.63, 3.8) is 0 Å². The van der Waals surface area contributed by atoms with Crippen molar-refractivity contribution < 1.29 is 19.1 Å². The van der Waals surface area contributed by atoms with Gasteiger partial charge in [0.1, 0.15) is 18.6 Å². The molecule has 0 bridgehead atoms. The van der Waals surface area contributed by atoms with Gasteiger partial charge in [-0.2, -0.15) is 0 Å². The number of benzene rings is 1. The number of ether oxygens (including phenoxy) is 2. The first kappa shape index (κ1) is 12.8. The zero-order valence-corrected chi connectivity index (χ0v) is 9.38. The van der Waals surface area contributed by atoms with E-state index in [2.05, 4.69) is 10.1 Å². The lowest BCUT2D eigenvalue weighted by Crippen LogP contribution is -2.24. The molecule has 0 aliphatic heterocycles. The molecule has 0 fully saturated rings. The summed E-state index contributed by atoms with van der Waals surface area (Å²) in [7, 11) is 1.38. The van der Waals surface area contributed by atoms with E-state index in [9.17, 15) is 9.59 Å². The summed E-state index contributed by atoms with van der Waals surface area (Å²) < 4.78 is 9.50. The fraction of sp³-hybridized carbons (Fsp3) is 0.167. The highest BCUT2D eigenvalue weighted by molar-refractivity contribution is 5.81. The molecule has 5 nitrogen and oxygen atoms in total. The molecule has 1 N–H and O–H groups in total. The van der Waals surface area contributed by atoms with Crippen molar-refractivity contribution >= 4 is 12.4 Å². The Labute approximate surface area is 99.0 Å². The third-order valence-electron chi connectivity index (χ3n) is 1.83. The highest BCUT2D eigenvalue weighted by Crippen LogP contribution is 2.00. The molecule has 1 aromatic rings. The molecule has 0 spiro atoms. The smallest absolute Gasteiger partial charge is 0.412 e. The number of methoxy groups -OCH3 is 1. The number of hydrogen-bond donors (Lipinski definition) is 1. The number of carbonyl (C=O) groups excluding carboxylic acids is 2. The Kier molecular flexibility index (Phi) is 5.30. The van der Waals surface area contributed by atoms with Crippen LogP contribution in [0.15, 0.2) is 42.3 Å². The van der Waals surface area contributed by atoms with Crippen LogP contribution in [0.5, 0.6) is 0 Å². The largest absolute Gasteiger partial charge is 0.502 e. The molecule has 0 heterocycles. The molecule has 0 aliphatic carbocycles. The molecule has 17 heavy (non-hydrogen) atoms. The van der Waals surface area contributed by atoms with Crippen molar-refractivity contribution in [1.82, 2.24) is 5.32 Å². The standard InChI is InChI=1S/C12H13NO4/c1-16-9-11(7-14)13-12(15)17-8-10-5-3-2-4-6-10/h2-7,9H,8H2,1H3,(H,13,15). The number of carbonyl (C=O) groups is 2. The van der Waals surface area contributed by atoms with Gasteiger partial charge in [-0.25, -0.2) is 4.79 Å². The molecule has 0 saturated carbocycles. The van der Waals surface area contributed by atoms with Gasteiger partial charge in [-0.1, -0.05) is 30.3 Å². The van der Waals surface area contributed by atoms with Crippen LogP contribution in [0.3, 0.4) is 0 Å². The van der Waals surface area contributed by atoms with Gasteiger partial charge in [-0.15, -0.1) is 0 Å². The maximum Gasteiger partial charge on any atom is 0.412 e. The minimum absolute atomic E-state index is 0.00515. The van der Waals surface area contributed by atoms with E-state index < -0.39 is 6.09 Å². The van der Waals surface area contributed by atoms with Crippen LogP contribution < -0.4 is 5.32 Å². The lowest BCUT2D eigenvalue weighted by molar-refractivity contribution is -0.105. The van der Waals surface area contributed by atoms with Crippen LogP contribution in [0.25, 0.3) is 0 Å². The van der Waals surface area contributed by atoms with Crippen molar-refractivity contribution in [3.8, 4) is 0 Å². The highest BCUT2D eigenvalue weighted by atomic mass is 16.5. The molecule has 0 unspecified atom stereocenters. The van der Waals surface area contributed by atoms with Gasteiger partial charge in [0.15, 0.2) is 6.29 Å². The normalized spacial score (nSPS) is 10.5. The fourth-order valence-corrected chi connectivity index (χ4v) is 1.09. The van der Waals surface area contributed by atoms with E-state index in [1.807, 2.05) is 30.3 Å². The first-order chi connectivity index (χ1) is 8.26. The predicted octanol–water partition coefficient (Wildman–Crippen LogP) is 1.60. The summed E-state index contributed by atoms with van der Waals surface area (Å²) in [6.07, 6.45) is 0.883. The highest BCUT2D eigenvalue weighted by Gasteiger charge is 2.05. The van der Waals surface area contributed by atoms with E-state index in [4.69, 9.17) is 4.74 Å². The third kappa shape index (κ3) is 4.83. The summed E-state index contributed by atoms with van der Waals surface area (Å²) in [6.45, 7) is 0.145. The molecule has 0 saturated heterocycles. The Morgan fingerprint density at radius 3 is 2.65 bits per heavy atom. The summed E-state index contributed by atoms with van der Waals surface area (Å²) >= 11 is 0. The van der Waals surface area contributed by atoms with Crippen LogP contribution in [0.4, 0.5) is 4.79 Å². The lowest BCUT2D eigenvalue weighted by atomic mass is 10.2. The summed E-state index contributed by atoms with van der Waals surface area (Å²) in [6, 6.07) is 9.23. The van der Waals surface area contributed by atoms with Gasteiger partial charge in [0.05, 0.1) is 7.11 Å². The van der Waals surface area contributed by atoms with Crippen LogP contribution in [-0.4, -0.2) is 19.5 Å². The van der Waals surface area contributed by atoms with E-state index in [1.165, 1.54) is 7.11 Å². The number of hydrogen-bond acceptors (Lipinski definition) is 4. The first-order valence-corrected chi connectivity index (χ1v) is 4.92.